The van der Waals surface area contributed by atoms with Crippen molar-refractivity contribution < 1.29 is 9.53 Å². The van der Waals surface area contributed by atoms with Crippen LogP contribution >= 0.6 is 0 Å². The van der Waals surface area contributed by atoms with Gasteiger partial charge in [0.05, 0.1) is 12.8 Å². The van der Waals surface area contributed by atoms with Gasteiger partial charge in [0.2, 0.25) is 0 Å². The molecule has 0 radical (unpaired) electrons. The van der Waals surface area contributed by atoms with E-state index in [2.05, 4.69) is 35.8 Å². The second-order valence-electron chi connectivity index (χ2n) is 7.02. The largest absolute Gasteiger partial charge is 0.492 e. The van der Waals surface area contributed by atoms with Crippen molar-refractivity contribution in [1.29, 1.82) is 0 Å². The normalized spacial score (nSPS) is 12.1. The van der Waals surface area contributed by atoms with E-state index in [0.717, 1.165) is 40.2 Å². The van der Waals surface area contributed by atoms with E-state index in [1.807, 2.05) is 24.4 Å². The standard InChI is InChI=1S/C22H19N7O2/c30-22(29-19-4-6-23-13-26-19)15-3-1-2-14(8-15)9-24-21-17-5-7-31-20(17)18(12-25-21)16-10-27-28-11-16/h1-4,6,8,10-13H,5,7,9H2,(H,24,25)(H,27,28)(H,23,26,29,30). The highest BCUT2D eigenvalue weighted by molar-refractivity contribution is 6.03. The third-order valence-electron chi connectivity index (χ3n) is 5.01. The van der Waals surface area contributed by atoms with E-state index in [-0.39, 0.29) is 5.91 Å². The molecule has 9 nitrogen and oxygen atoms in total. The van der Waals surface area contributed by atoms with E-state index in [1.165, 1.54) is 6.33 Å². The number of hydrogen-bond donors (Lipinski definition) is 3. The Kier molecular flexibility index (Phi) is 4.97. The number of aromatic amines is 1. The molecule has 4 aromatic rings. The second kappa shape index (κ2) is 8.23. The van der Waals surface area contributed by atoms with Crippen molar-refractivity contribution in [3.63, 3.8) is 0 Å². The number of fused-ring (bicyclic) bond motifs is 1. The van der Waals surface area contributed by atoms with Crippen LogP contribution in [0.25, 0.3) is 11.1 Å². The lowest BCUT2D eigenvalue weighted by Crippen LogP contribution is -2.13. The quantitative estimate of drug-likeness (QED) is 0.445. The van der Waals surface area contributed by atoms with Gasteiger partial charge < -0.3 is 15.4 Å². The van der Waals surface area contributed by atoms with Gasteiger partial charge >= 0.3 is 0 Å². The second-order valence-corrected chi connectivity index (χ2v) is 7.02. The van der Waals surface area contributed by atoms with Crippen molar-refractivity contribution in [3.05, 3.63) is 78.1 Å². The van der Waals surface area contributed by atoms with Gasteiger partial charge in [-0.15, -0.1) is 0 Å². The van der Waals surface area contributed by atoms with Crippen LogP contribution < -0.4 is 15.4 Å². The van der Waals surface area contributed by atoms with E-state index < -0.39 is 0 Å². The molecular formula is C22H19N7O2. The zero-order valence-electron chi connectivity index (χ0n) is 16.5. The first-order valence-corrected chi connectivity index (χ1v) is 9.82. The smallest absolute Gasteiger partial charge is 0.256 e. The van der Waals surface area contributed by atoms with E-state index in [9.17, 15) is 4.79 Å². The zero-order chi connectivity index (χ0) is 21.0. The van der Waals surface area contributed by atoms with Gasteiger partial charge in [0.25, 0.3) is 5.91 Å². The molecule has 1 aromatic carbocycles. The molecule has 9 heteroatoms. The number of hydrogen-bond acceptors (Lipinski definition) is 7. The van der Waals surface area contributed by atoms with Crippen LogP contribution in [0, 0.1) is 0 Å². The molecule has 1 aliphatic heterocycles. The lowest BCUT2D eigenvalue weighted by Gasteiger charge is -2.12. The Bertz CT molecular complexity index is 1210. The summed E-state index contributed by atoms with van der Waals surface area (Å²) in [6.45, 7) is 1.15. The van der Waals surface area contributed by atoms with Crippen molar-refractivity contribution in [2.45, 2.75) is 13.0 Å². The minimum Gasteiger partial charge on any atom is -0.492 e. The fourth-order valence-electron chi connectivity index (χ4n) is 3.51. The third-order valence-corrected chi connectivity index (χ3v) is 5.01. The number of carbonyl (C=O) groups is 1. The number of ether oxygens (including phenoxy) is 1. The molecule has 1 aliphatic rings. The molecule has 3 aromatic heterocycles. The molecule has 0 spiro atoms. The van der Waals surface area contributed by atoms with Gasteiger partial charge in [-0.1, -0.05) is 12.1 Å². The Morgan fingerprint density at radius 2 is 2.16 bits per heavy atom. The number of amides is 1. The minimum absolute atomic E-state index is 0.225. The summed E-state index contributed by atoms with van der Waals surface area (Å²) in [5, 5.41) is 13.0. The molecule has 31 heavy (non-hydrogen) atoms. The van der Waals surface area contributed by atoms with Crippen LogP contribution in [0.2, 0.25) is 0 Å². The first-order chi connectivity index (χ1) is 15.3. The first-order valence-electron chi connectivity index (χ1n) is 9.82. The zero-order valence-corrected chi connectivity index (χ0v) is 16.5. The maximum absolute atomic E-state index is 12.5. The van der Waals surface area contributed by atoms with Crippen LogP contribution in [0.3, 0.4) is 0 Å². The maximum Gasteiger partial charge on any atom is 0.256 e. The van der Waals surface area contributed by atoms with Crippen LogP contribution in [0.15, 0.2) is 61.4 Å². The molecule has 0 bridgehead atoms. The van der Waals surface area contributed by atoms with Gasteiger partial charge in [0.1, 0.15) is 23.7 Å². The van der Waals surface area contributed by atoms with Crippen LogP contribution in [0.5, 0.6) is 5.75 Å². The Hall–Kier alpha value is -4.27. The van der Waals surface area contributed by atoms with E-state index in [1.54, 1.807) is 30.7 Å². The van der Waals surface area contributed by atoms with Gasteiger partial charge in [0.15, 0.2) is 0 Å². The number of nitrogens with zero attached hydrogens (tertiary/aromatic N) is 4. The van der Waals surface area contributed by atoms with Crippen molar-refractivity contribution in [3.8, 4) is 16.9 Å². The Morgan fingerprint density at radius 1 is 1.19 bits per heavy atom. The highest BCUT2D eigenvalue weighted by Crippen LogP contribution is 2.39. The summed E-state index contributed by atoms with van der Waals surface area (Å²) in [4.78, 5) is 25.0. The van der Waals surface area contributed by atoms with Crippen molar-refractivity contribution in [2.75, 3.05) is 17.2 Å². The van der Waals surface area contributed by atoms with Crippen LogP contribution in [0.1, 0.15) is 21.5 Å². The summed E-state index contributed by atoms with van der Waals surface area (Å²) < 4.78 is 5.87. The molecule has 154 valence electrons. The molecule has 0 fully saturated rings. The number of aromatic nitrogens is 5. The number of benzene rings is 1. The molecule has 4 heterocycles. The van der Waals surface area contributed by atoms with E-state index in [0.29, 0.717) is 24.5 Å². The SMILES string of the molecule is O=C(Nc1ccncn1)c1cccc(CNc2ncc(-c3cn[nH]c3)c3c2CCO3)c1. The molecule has 0 aliphatic carbocycles. The van der Waals surface area contributed by atoms with Crippen molar-refractivity contribution in [1.82, 2.24) is 25.1 Å². The minimum atomic E-state index is -0.225. The molecule has 1 amide bonds. The van der Waals surface area contributed by atoms with Gasteiger partial charge in [-0.05, 0) is 23.8 Å². The Labute approximate surface area is 177 Å². The molecule has 0 saturated heterocycles. The molecule has 3 N–H and O–H groups in total. The van der Waals surface area contributed by atoms with Crippen molar-refractivity contribution >= 4 is 17.5 Å². The number of rotatable bonds is 6. The van der Waals surface area contributed by atoms with Gasteiger partial charge in [0, 0.05) is 53.8 Å². The summed E-state index contributed by atoms with van der Waals surface area (Å²) in [5.74, 6) is 1.87. The summed E-state index contributed by atoms with van der Waals surface area (Å²) in [6, 6.07) is 9.08. The van der Waals surface area contributed by atoms with Crippen LogP contribution in [0.4, 0.5) is 11.6 Å². The van der Waals surface area contributed by atoms with Gasteiger partial charge in [-0.25, -0.2) is 15.0 Å². The molecule has 5 rings (SSSR count). The first kappa shape index (κ1) is 18.7. The Balaban J connectivity index is 1.31. The summed E-state index contributed by atoms with van der Waals surface area (Å²) >= 11 is 0. The molecule has 0 saturated carbocycles. The average molecular weight is 413 g/mol. The van der Waals surface area contributed by atoms with Crippen LogP contribution in [-0.4, -0.2) is 37.7 Å². The molecule has 0 atom stereocenters. The van der Waals surface area contributed by atoms with Crippen LogP contribution in [-0.2, 0) is 13.0 Å². The average Bonchev–Trinajstić information content (AvgIpc) is 3.51. The number of H-pyrrole nitrogens is 1. The summed E-state index contributed by atoms with van der Waals surface area (Å²) in [6.07, 6.45) is 9.13. The van der Waals surface area contributed by atoms with Gasteiger partial charge in [-0.2, -0.15) is 5.10 Å². The highest BCUT2D eigenvalue weighted by Gasteiger charge is 2.22. The number of anilines is 2. The van der Waals surface area contributed by atoms with Crippen molar-refractivity contribution in [2.24, 2.45) is 0 Å². The van der Waals surface area contributed by atoms with Gasteiger partial charge in [-0.3, -0.25) is 9.89 Å². The lowest BCUT2D eigenvalue weighted by atomic mass is 10.1. The fraction of sp³-hybridized carbons (Fsp3) is 0.136. The number of pyridine rings is 1. The third kappa shape index (κ3) is 3.93. The highest BCUT2D eigenvalue weighted by atomic mass is 16.5. The lowest BCUT2D eigenvalue weighted by molar-refractivity contribution is 0.102. The predicted octanol–water partition coefficient (Wildman–Crippen LogP) is 3.06. The Morgan fingerprint density at radius 3 is 3.00 bits per heavy atom. The van der Waals surface area contributed by atoms with E-state index in [4.69, 9.17) is 4.74 Å². The number of nitrogens with one attached hydrogen (secondary N) is 3. The fourth-order valence-corrected chi connectivity index (χ4v) is 3.51. The maximum atomic E-state index is 12.5. The van der Waals surface area contributed by atoms with E-state index >= 15 is 0 Å². The topological polar surface area (TPSA) is 118 Å². The summed E-state index contributed by atoms with van der Waals surface area (Å²) in [5.41, 5.74) is 4.43. The summed E-state index contributed by atoms with van der Waals surface area (Å²) in [7, 11) is 0. The molecular weight excluding hydrogens is 394 g/mol. The number of carbonyl (C=O) groups excluding carboxylic acids is 1. The monoisotopic (exact) mass is 413 g/mol. The molecule has 0 unspecified atom stereocenters. The predicted molar refractivity (Wildman–Crippen MR) is 115 cm³/mol.